The van der Waals surface area contributed by atoms with E-state index in [4.69, 9.17) is 28.8 Å². The fourth-order valence-corrected chi connectivity index (χ4v) is 7.22. The average Bonchev–Trinajstić information content (AvgIpc) is 3.85. The fourth-order valence-electron chi connectivity index (χ4n) is 7.22. The second-order valence-corrected chi connectivity index (χ2v) is 11.5. The lowest BCUT2D eigenvalue weighted by atomic mass is 10.0. The minimum absolute atomic E-state index is 0.798. The Kier molecular flexibility index (Phi) is 4.43. The summed E-state index contributed by atoms with van der Waals surface area (Å²) in [6, 6.07) is 32.8. The highest BCUT2D eigenvalue weighted by Gasteiger charge is 2.21. The van der Waals surface area contributed by atoms with Crippen LogP contribution in [0.5, 0.6) is 0 Å². The molecule has 0 fully saturated rings. The van der Waals surface area contributed by atoms with E-state index in [9.17, 15) is 0 Å². The van der Waals surface area contributed by atoms with Crippen LogP contribution in [-0.4, -0.2) is 29.1 Å². The van der Waals surface area contributed by atoms with Gasteiger partial charge in [0.05, 0.1) is 11.4 Å². The molecule has 0 bridgehead atoms. The number of rotatable bonds is 2. The zero-order valence-corrected chi connectivity index (χ0v) is 24.0. The maximum absolute atomic E-state index is 6.44. The van der Waals surface area contributed by atoms with Gasteiger partial charge in [0.1, 0.15) is 44.9 Å². The average molecular weight is 593 g/mol. The van der Waals surface area contributed by atoms with Crippen LogP contribution in [0.4, 0.5) is 0 Å². The molecule has 0 amide bonds. The SMILES string of the molecule is c1cnc2c(c1)c1cccnc1n2-c1ccc2oc3ccc4oc5ccc(-n6c7ncccc7c7cccnc76)cc5c4c3c2c1. The maximum Gasteiger partial charge on any atom is 0.146 e. The highest BCUT2D eigenvalue weighted by molar-refractivity contribution is 6.26. The second kappa shape index (κ2) is 8.55. The van der Waals surface area contributed by atoms with Gasteiger partial charge in [0.2, 0.25) is 0 Å². The highest BCUT2D eigenvalue weighted by Crippen LogP contribution is 2.42. The first kappa shape index (κ1) is 23.9. The largest absolute Gasteiger partial charge is 0.456 e. The molecule has 8 heterocycles. The van der Waals surface area contributed by atoms with E-state index in [0.717, 1.165) is 99.4 Å². The molecule has 214 valence electrons. The Bertz CT molecular complexity index is 2740. The molecule has 8 nitrogen and oxygen atoms in total. The van der Waals surface area contributed by atoms with Crippen molar-refractivity contribution in [1.29, 1.82) is 0 Å². The molecule has 11 rings (SSSR count). The molecule has 0 radical (unpaired) electrons. The first-order valence-corrected chi connectivity index (χ1v) is 15.0. The fraction of sp³-hybridized carbons (Fsp3) is 0. The minimum atomic E-state index is 0.798. The van der Waals surface area contributed by atoms with Crippen LogP contribution < -0.4 is 0 Å². The smallest absolute Gasteiger partial charge is 0.146 e. The van der Waals surface area contributed by atoms with E-state index in [0.29, 0.717) is 0 Å². The molecular weight excluding hydrogens is 572 g/mol. The Labute approximate surface area is 258 Å². The van der Waals surface area contributed by atoms with Gasteiger partial charge in [-0.3, -0.25) is 9.13 Å². The number of hydrogen-bond acceptors (Lipinski definition) is 6. The lowest BCUT2D eigenvalue weighted by Gasteiger charge is -2.07. The second-order valence-electron chi connectivity index (χ2n) is 11.5. The minimum Gasteiger partial charge on any atom is -0.456 e. The summed E-state index contributed by atoms with van der Waals surface area (Å²) in [5, 5.41) is 8.25. The quantitative estimate of drug-likeness (QED) is 0.199. The van der Waals surface area contributed by atoms with Gasteiger partial charge in [-0.1, -0.05) is 0 Å². The summed E-state index contributed by atoms with van der Waals surface area (Å²) in [7, 11) is 0. The molecule has 8 aromatic heterocycles. The van der Waals surface area contributed by atoms with Crippen molar-refractivity contribution < 1.29 is 8.83 Å². The number of hydrogen-bond donors (Lipinski definition) is 0. The first-order chi connectivity index (χ1) is 22.8. The zero-order valence-electron chi connectivity index (χ0n) is 24.0. The molecule has 0 N–H and O–H groups in total. The van der Waals surface area contributed by atoms with Gasteiger partial charge in [-0.25, -0.2) is 19.9 Å². The van der Waals surface area contributed by atoms with Crippen molar-refractivity contribution in [2.24, 2.45) is 0 Å². The van der Waals surface area contributed by atoms with Gasteiger partial charge in [0, 0.05) is 67.9 Å². The Hall–Kier alpha value is -6.54. The molecule has 0 saturated heterocycles. The summed E-state index contributed by atoms with van der Waals surface area (Å²) in [6.07, 6.45) is 7.30. The molecule has 0 aliphatic heterocycles. The molecule has 0 unspecified atom stereocenters. The van der Waals surface area contributed by atoms with E-state index < -0.39 is 0 Å². The van der Waals surface area contributed by atoms with Gasteiger partial charge in [0.15, 0.2) is 0 Å². The van der Waals surface area contributed by atoms with Crippen molar-refractivity contribution in [3.63, 3.8) is 0 Å². The number of pyridine rings is 4. The summed E-state index contributed by atoms with van der Waals surface area (Å²) in [5.41, 5.74) is 8.56. The third-order valence-electron chi connectivity index (χ3n) is 9.12. The van der Waals surface area contributed by atoms with Crippen LogP contribution in [0.15, 0.2) is 131 Å². The summed E-state index contributed by atoms with van der Waals surface area (Å²) >= 11 is 0. The van der Waals surface area contributed by atoms with Crippen LogP contribution >= 0.6 is 0 Å². The topological polar surface area (TPSA) is 87.7 Å². The Morgan fingerprint density at radius 3 is 1.09 bits per heavy atom. The van der Waals surface area contributed by atoms with E-state index >= 15 is 0 Å². The molecule has 0 spiro atoms. The summed E-state index contributed by atoms with van der Waals surface area (Å²) in [4.78, 5) is 19.0. The number of aromatic nitrogens is 6. The van der Waals surface area contributed by atoms with Crippen LogP contribution in [-0.2, 0) is 0 Å². The van der Waals surface area contributed by atoms with E-state index in [2.05, 4.69) is 57.7 Å². The summed E-state index contributed by atoms with van der Waals surface area (Å²) in [5.74, 6) is 0. The molecule has 0 saturated carbocycles. The Balaban J connectivity index is 1.22. The highest BCUT2D eigenvalue weighted by atomic mass is 16.3. The Morgan fingerprint density at radius 2 is 0.717 bits per heavy atom. The van der Waals surface area contributed by atoms with Crippen molar-refractivity contribution in [3.05, 3.63) is 122 Å². The normalized spacial score (nSPS) is 12.3. The lowest BCUT2D eigenvalue weighted by Crippen LogP contribution is -1.96. The van der Waals surface area contributed by atoms with Crippen LogP contribution in [0.2, 0.25) is 0 Å². The molecule has 3 aromatic carbocycles. The zero-order chi connectivity index (χ0) is 29.9. The van der Waals surface area contributed by atoms with Gasteiger partial charge in [-0.15, -0.1) is 0 Å². The molecule has 0 atom stereocenters. The van der Waals surface area contributed by atoms with Gasteiger partial charge in [-0.05, 0) is 97.1 Å². The molecule has 0 aliphatic rings. The predicted octanol–water partition coefficient (Wildman–Crippen LogP) is 9.26. The maximum atomic E-state index is 6.44. The van der Waals surface area contributed by atoms with Crippen LogP contribution in [0.3, 0.4) is 0 Å². The van der Waals surface area contributed by atoms with Gasteiger partial charge >= 0.3 is 0 Å². The van der Waals surface area contributed by atoms with Crippen molar-refractivity contribution in [2.45, 2.75) is 0 Å². The van der Waals surface area contributed by atoms with E-state index in [-0.39, 0.29) is 0 Å². The molecular formula is C38H20N6O2. The summed E-state index contributed by atoms with van der Waals surface area (Å²) in [6.45, 7) is 0. The lowest BCUT2D eigenvalue weighted by molar-refractivity contribution is 0.663. The number of nitrogens with zero attached hydrogens (tertiary/aromatic N) is 6. The third kappa shape index (κ3) is 3.02. The van der Waals surface area contributed by atoms with Gasteiger partial charge in [-0.2, -0.15) is 0 Å². The van der Waals surface area contributed by atoms with Crippen molar-refractivity contribution in [1.82, 2.24) is 29.1 Å². The monoisotopic (exact) mass is 592 g/mol. The third-order valence-corrected chi connectivity index (χ3v) is 9.12. The van der Waals surface area contributed by atoms with Crippen molar-refractivity contribution in [2.75, 3.05) is 0 Å². The first-order valence-electron chi connectivity index (χ1n) is 15.0. The number of fused-ring (bicyclic) bond motifs is 13. The van der Waals surface area contributed by atoms with Crippen LogP contribution in [0, 0.1) is 0 Å². The van der Waals surface area contributed by atoms with Crippen LogP contribution in [0.1, 0.15) is 0 Å². The van der Waals surface area contributed by atoms with E-state index in [1.54, 1.807) is 0 Å². The number of benzene rings is 3. The standard InChI is InChI=1S/C38H20N6O2/c1-5-23-24-6-2-16-40-36(24)43(35(23)39-15-1)21-9-11-29-27(19-21)33-31(45-29)13-14-32-34(33)28-20-22(10-12-30(28)46-32)44-37-25(7-3-17-41-37)26-8-4-18-42-38(26)44/h1-20H. The Morgan fingerprint density at radius 1 is 0.370 bits per heavy atom. The summed E-state index contributed by atoms with van der Waals surface area (Å²) < 4.78 is 17.1. The van der Waals surface area contributed by atoms with Gasteiger partial charge in [0.25, 0.3) is 0 Å². The number of furan rings is 2. The van der Waals surface area contributed by atoms with E-state index in [1.165, 1.54) is 0 Å². The molecule has 46 heavy (non-hydrogen) atoms. The molecule has 8 heteroatoms. The molecule has 11 aromatic rings. The van der Waals surface area contributed by atoms with Crippen LogP contribution in [0.25, 0.3) is 99.4 Å². The van der Waals surface area contributed by atoms with E-state index in [1.807, 2.05) is 73.3 Å². The van der Waals surface area contributed by atoms with Crippen molar-refractivity contribution >= 4 is 88.0 Å². The van der Waals surface area contributed by atoms with Crippen molar-refractivity contribution in [3.8, 4) is 11.4 Å². The molecule has 0 aliphatic carbocycles. The van der Waals surface area contributed by atoms with Gasteiger partial charge < -0.3 is 8.83 Å². The predicted molar refractivity (Wildman–Crippen MR) is 181 cm³/mol.